The van der Waals surface area contributed by atoms with Gasteiger partial charge in [-0.3, -0.25) is 0 Å². The third-order valence-electron chi connectivity index (χ3n) is 2.57. The molecule has 1 heterocycles. The molecule has 0 atom stereocenters. The van der Waals surface area contributed by atoms with Gasteiger partial charge in [-0.1, -0.05) is 23.7 Å². The number of benzene rings is 1. The van der Waals surface area contributed by atoms with Crippen molar-refractivity contribution < 1.29 is 14.3 Å². The molecular weight excluding hydrogens is 254 g/mol. The summed E-state index contributed by atoms with van der Waals surface area (Å²) in [6, 6.07) is 8.88. The van der Waals surface area contributed by atoms with Gasteiger partial charge in [-0.25, -0.2) is 4.79 Å². The van der Waals surface area contributed by atoms with Crippen LogP contribution in [0.3, 0.4) is 0 Å². The summed E-state index contributed by atoms with van der Waals surface area (Å²) in [6.07, 6.45) is 0. The fourth-order valence-corrected chi connectivity index (χ4v) is 1.80. The van der Waals surface area contributed by atoms with Gasteiger partial charge < -0.3 is 14.8 Å². The largest absolute Gasteiger partial charge is 0.475 e. The second kappa shape index (κ2) is 5.14. The van der Waals surface area contributed by atoms with E-state index in [1.165, 1.54) is 6.07 Å². The monoisotopic (exact) mass is 265 g/mol. The van der Waals surface area contributed by atoms with Crippen LogP contribution in [0.25, 0.3) is 0 Å². The number of aryl methyl sites for hydroxylation is 1. The van der Waals surface area contributed by atoms with Crippen molar-refractivity contribution >= 4 is 23.3 Å². The van der Waals surface area contributed by atoms with Crippen LogP contribution in [0.1, 0.15) is 21.9 Å². The van der Waals surface area contributed by atoms with Gasteiger partial charge in [-0.2, -0.15) is 0 Å². The Morgan fingerprint density at radius 3 is 2.78 bits per heavy atom. The quantitative estimate of drug-likeness (QED) is 0.887. The van der Waals surface area contributed by atoms with E-state index >= 15 is 0 Å². The molecule has 0 aliphatic heterocycles. The van der Waals surface area contributed by atoms with Crippen molar-refractivity contribution in [2.24, 2.45) is 0 Å². The summed E-state index contributed by atoms with van der Waals surface area (Å²) in [5.74, 6) is -0.530. The maximum Gasteiger partial charge on any atom is 0.371 e. The normalized spacial score (nSPS) is 10.3. The molecule has 94 valence electrons. The zero-order chi connectivity index (χ0) is 13.1. The van der Waals surface area contributed by atoms with E-state index in [1.807, 2.05) is 18.2 Å². The fourth-order valence-electron chi connectivity index (χ4n) is 1.60. The van der Waals surface area contributed by atoms with Gasteiger partial charge in [0, 0.05) is 12.1 Å². The molecule has 5 heteroatoms. The molecule has 2 rings (SSSR count). The van der Waals surface area contributed by atoms with Crippen molar-refractivity contribution in [1.82, 2.24) is 0 Å². The van der Waals surface area contributed by atoms with Crippen LogP contribution in [0.15, 0.2) is 34.7 Å². The predicted octanol–water partition coefficient (Wildman–Crippen LogP) is 3.55. The average Bonchev–Trinajstić information content (AvgIpc) is 2.70. The highest BCUT2D eigenvalue weighted by Gasteiger charge is 2.12. The number of carboxylic acids is 1. The number of halogens is 1. The van der Waals surface area contributed by atoms with E-state index in [1.54, 1.807) is 13.0 Å². The van der Waals surface area contributed by atoms with E-state index in [0.29, 0.717) is 17.3 Å². The molecule has 0 saturated heterocycles. The minimum Gasteiger partial charge on any atom is -0.475 e. The summed E-state index contributed by atoms with van der Waals surface area (Å²) in [7, 11) is 0. The molecule has 18 heavy (non-hydrogen) atoms. The van der Waals surface area contributed by atoms with Crippen LogP contribution >= 0.6 is 11.6 Å². The van der Waals surface area contributed by atoms with E-state index in [2.05, 4.69) is 5.32 Å². The van der Waals surface area contributed by atoms with Crippen LogP contribution in [0.5, 0.6) is 0 Å². The highest BCUT2D eigenvalue weighted by Crippen LogP contribution is 2.22. The molecule has 0 amide bonds. The molecule has 1 aromatic carbocycles. The van der Waals surface area contributed by atoms with E-state index < -0.39 is 5.97 Å². The fraction of sp³-hybridized carbons (Fsp3) is 0.154. The van der Waals surface area contributed by atoms with Crippen molar-refractivity contribution in [1.29, 1.82) is 0 Å². The topological polar surface area (TPSA) is 62.5 Å². The number of hydrogen-bond acceptors (Lipinski definition) is 3. The Morgan fingerprint density at radius 1 is 1.44 bits per heavy atom. The van der Waals surface area contributed by atoms with Gasteiger partial charge in [0.05, 0.1) is 10.7 Å². The number of aromatic carboxylic acids is 1. The van der Waals surface area contributed by atoms with E-state index in [0.717, 1.165) is 11.3 Å². The highest BCUT2D eigenvalue weighted by molar-refractivity contribution is 6.33. The summed E-state index contributed by atoms with van der Waals surface area (Å²) in [6.45, 7) is 2.20. The Morgan fingerprint density at radius 2 is 2.17 bits per heavy atom. The van der Waals surface area contributed by atoms with Crippen molar-refractivity contribution in [3.63, 3.8) is 0 Å². The Bertz CT molecular complexity index is 577. The van der Waals surface area contributed by atoms with Crippen LogP contribution < -0.4 is 5.32 Å². The number of hydrogen-bond donors (Lipinski definition) is 2. The Labute approximate surface area is 109 Å². The number of rotatable bonds is 4. The second-order valence-electron chi connectivity index (χ2n) is 3.83. The highest BCUT2D eigenvalue weighted by atomic mass is 35.5. The second-order valence-corrected chi connectivity index (χ2v) is 4.24. The summed E-state index contributed by atoms with van der Waals surface area (Å²) < 4.78 is 5.12. The molecule has 0 aliphatic carbocycles. The van der Waals surface area contributed by atoms with Gasteiger partial charge in [-0.15, -0.1) is 0 Å². The minimum absolute atomic E-state index is 0.0524. The number of nitrogens with one attached hydrogen (secondary N) is 1. The Balaban J connectivity index is 2.11. The van der Waals surface area contributed by atoms with E-state index in [4.69, 9.17) is 21.1 Å². The van der Waals surface area contributed by atoms with E-state index in [-0.39, 0.29) is 5.76 Å². The average molecular weight is 266 g/mol. The first kappa shape index (κ1) is 12.5. The molecule has 2 N–H and O–H groups in total. The number of carbonyl (C=O) groups is 1. The molecule has 0 unspecified atom stereocenters. The third kappa shape index (κ3) is 2.65. The van der Waals surface area contributed by atoms with Crippen LogP contribution in [0.2, 0.25) is 5.02 Å². The molecule has 0 aliphatic rings. The minimum atomic E-state index is -1.07. The third-order valence-corrected chi connectivity index (χ3v) is 2.90. The van der Waals surface area contributed by atoms with Gasteiger partial charge in [0.1, 0.15) is 5.76 Å². The van der Waals surface area contributed by atoms with Crippen LogP contribution in [0.4, 0.5) is 5.69 Å². The molecule has 0 spiro atoms. The van der Waals surface area contributed by atoms with Gasteiger partial charge in [0.25, 0.3) is 0 Å². The lowest BCUT2D eigenvalue weighted by atomic mass is 10.2. The number of para-hydroxylation sites is 1. The van der Waals surface area contributed by atoms with Crippen molar-refractivity contribution in [2.75, 3.05) is 5.32 Å². The van der Waals surface area contributed by atoms with Crippen molar-refractivity contribution in [2.45, 2.75) is 13.5 Å². The maximum atomic E-state index is 10.8. The SMILES string of the molecule is Cc1oc(C(=O)O)cc1CNc1ccccc1Cl. The standard InChI is InChI=1S/C13H12ClNO3/c1-8-9(6-12(18-8)13(16)17)7-15-11-5-3-2-4-10(11)14/h2-6,15H,7H2,1H3,(H,16,17). The van der Waals surface area contributed by atoms with Crippen LogP contribution in [-0.4, -0.2) is 11.1 Å². The summed E-state index contributed by atoms with van der Waals surface area (Å²) in [4.78, 5) is 10.8. The summed E-state index contributed by atoms with van der Waals surface area (Å²) >= 11 is 6.01. The predicted molar refractivity (Wildman–Crippen MR) is 69.2 cm³/mol. The lowest BCUT2D eigenvalue weighted by Gasteiger charge is -2.06. The first-order chi connectivity index (χ1) is 8.58. The van der Waals surface area contributed by atoms with Gasteiger partial charge in [0.15, 0.2) is 0 Å². The zero-order valence-corrected chi connectivity index (χ0v) is 10.5. The van der Waals surface area contributed by atoms with Crippen LogP contribution in [0, 0.1) is 6.92 Å². The molecule has 0 fully saturated rings. The maximum absolute atomic E-state index is 10.8. The van der Waals surface area contributed by atoms with Crippen LogP contribution in [-0.2, 0) is 6.54 Å². The Kier molecular flexibility index (Phi) is 3.58. The number of carboxylic acid groups (broad SMARTS) is 1. The molecule has 4 nitrogen and oxygen atoms in total. The molecule has 0 saturated carbocycles. The molecule has 0 bridgehead atoms. The number of anilines is 1. The van der Waals surface area contributed by atoms with Gasteiger partial charge >= 0.3 is 5.97 Å². The summed E-state index contributed by atoms with van der Waals surface area (Å²) in [5, 5.41) is 12.6. The Hall–Kier alpha value is -1.94. The lowest BCUT2D eigenvalue weighted by molar-refractivity contribution is 0.0661. The number of furan rings is 1. The van der Waals surface area contributed by atoms with Crippen molar-refractivity contribution in [3.05, 3.63) is 52.4 Å². The van der Waals surface area contributed by atoms with Crippen molar-refractivity contribution in [3.8, 4) is 0 Å². The zero-order valence-electron chi connectivity index (χ0n) is 9.74. The smallest absolute Gasteiger partial charge is 0.371 e. The first-order valence-corrected chi connectivity index (χ1v) is 5.76. The molecular formula is C13H12ClNO3. The molecule has 0 radical (unpaired) electrons. The first-order valence-electron chi connectivity index (χ1n) is 5.39. The molecule has 2 aromatic rings. The molecule has 1 aromatic heterocycles. The summed E-state index contributed by atoms with van der Waals surface area (Å²) in [5.41, 5.74) is 1.60. The lowest BCUT2D eigenvalue weighted by Crippen LogP contribution is -2.00. The van der Waals surface area contributed by atoms with Gasteiger partial charge in [0.2, 0.25) is 5.76 Å². The van der Waals surface area contributed by atoms with E-state index in [9.17, 15) is 4.79 Å². The van der Waals surface area contributed by atoms with Gasteiger partial charge in [-0.05, 0) is 25.1 Å².